The molecule has 2 N–H and O–H groups in total. The van der Waals surface area contributed by atoms with E-state index in [1.54, 1.807) is 6.92 Å². The fourth-order valence-electron chi connectivity index (χ4n) is 1.83. The van der Waals surface area contributed by atoms with Crippen molar-refractivity contribution < 1.29 is 18.3 Å². The van der Waals surface area contributed by atoms with Crippen molar-refractivity contribution in [1.82, 2.24) is 4.72 Å². The van der Waals surface area contributed by atoms with Gasteiger partial charge in [-0.3, -0.25) is 4.79 Å². The summed E-state index contributed by atoms with van der Waals surface area (Å²) >= 11 is 0. The first kappa shape index (κ1) is 16.8. The minimum absolute atomic E-state index is 0.0440. The molecule has 0 aromatic heterocycles. The Morgan fingerprint density at radius 3 is 2.30 bits per heavy atom. The highest BCUT2D eigenvalue weighted by Gasteiger charge is 2.23. The molecule has 1 unspecified atom stereocenters. The standard InChI is InChI=1S/C14H21NO4S/c1-4-9-14(3,17)10-15-20(18,19)13-7-5-12(6-8-13)11(2)16/h5-8,15,17H,4,9-10H2,1-3H3. The van der Waals surface area contributed by atoms with Crippen LogP contribution in [-0.4, -0.2) is 31.5 Å². The number of sulfonamides is 1. The summed E-state index contributed by atoms with van der Waals surface area (Å²) in [5, 5.41) is 9.97. The maximum atomic E-state index is 12.1. The smallest absolute Gasteiger partial charge is 0.240 e. The molecule has 0 saturated heterocycles. The second-order valence-corrected chi connectivity index (χ2v) is 6.92. The van der Waals surface area contributed by atoms with Crippen LogP contribution in [0.15, 0.2) is 29.2 Å². The zero-order valence-corrected chi connectivity index (χ0v) is 12.8. The van der Waals surface area contributed by atoms with Gasteiger partial charge in [0, 0.05) is 12.1 Å². The van der Waals surface area contributed by atoms with Gasteiger partial charge in [0.25, 0.3) is 0 Å². The zero-order chi connectivity index (χ0) is 15.4. The lowest BCUT2D eigenvalue weighted by atomic mass is 10.0. The van der Waals surface area contributed by atoms with E-state index in [0.717, 1.165) is 6.42 Å². The number of ketones is 1. The van der Waals surface area contributed by atoms with Crippen LogP contribution in [0.4, 0.5) is 0 Å². The Kier molecular flexibility index (Phi) is 5.44. The Bertz CT molecular complexity index is 561. The van der Waals surface area contributed by atoms with Crippen LogP contribution in [-0.2, 0) is 10.0 Å². The normalized spacial score (nSPS) is 14.8. The molecule has 0 aliphatic rings. The molecule has 6 heteroatoms. The summed E-state index contributed by atoms with van der Waals surface area (Å²) < 4.78 is 26.5. The monoisotopic (exact) mass is 299 g/mol. The predicted octanol–water partition coefficient (Wildman–Crippen LogP) is 1.72. The van der Waals surface area contributed by atoms with Gasteiger partial charge in [-0.05, 0) is 32.4 Å². The molecule has 0 saturated carbocycles. The summed E-state index contributed by atoms with van der Waals surface area (Å²) in [5.74, 6) is -0.118. The van der Waals surface area contributed by atoms with Gasteiger partial charge < -0.3 is 5.11 Å². The van der Waals surface area contributed by atoms with E-state index in [1.165, 1.54) is 31.2 Å². The van der Waals surface area contributed by atoms with Crippen molar-refractivity contribution in [3.8, 4) is 0 Å². The molecular weight excluding hydrogens is 278 g/mol. The van der Waals surface area contributed by atoms with Crippen LogP contribution in [0.2, 0.25) is 0 Å². The topological polar surface area (TPSA) is 83.5 Å². The Balaban J connectivity index is 2.81. The minimum Gasteiger partial charge on any atom is -0.389 e. The molecule has 0 bridgehead atoms. The number of carbonyl (C=O) groups excluding carboxylic acids is 1. The van der Waals surface area contributed by atoms with E-state index >= 15 is 0 Å². The van der Waals surface area contributed by atoms with Crippen molar-refractivity contribution in [3.05, 3.63) is 29.8 Å². The lowest BCUT2D eigenvalue weighted by Crippen LogP contribution is -2.40. The summed E-state index contributed by atoms with van der Waals surface area (Å²) in [4.78, 5) is 11.2. The summed E-state index contributed by atoms with van der Waals surface area (Å²) in [6, 6.07) is 5.71. The largest absolute Gasteiger partial charge is 0.389 e. The predicted molar refractivity (Wildman–Crippen MR) is 77.2 cm³/mol. The van der Waals surface area contributed by atoms with E-state index in [9.17, 15) is 18.3 Å². The molecule has 1 aromatic carbocycles. The van der Waals surface area contributed by atoms with Gasteiger partial charge in [0.15, 0.2) is 5.78 Å². The molecule has 1 aromatic rings. The van der Waals surface area contributed by atoms with Gasteiger partial charge in [0.2, 0.25) is 10.0 Å². The molecule has 0 radical (unpaired) electrons. The van der Waals surface area contributed by atoms with Crippen LogP contribution in [0.3, 0.4) is 0 Å². The first-order valence-corrected chi connectivity index (χ1v) is 7.99. The molecule has 20 heavy (non-hydrogen) atoms. The highest BCUT2D eigenvalue weighted by Crippen LogP contribution is 2.14. The van der Waals surface area contributed by atoms with Gasteiger partial charge >= 0.3 is 0 Å². The first-order chi connectivity index (χ1) is 9.18. The number of rotatable bonds is 7. The second kappa shape index (κ2) is 6.47. The second-order valence-electron chi connectivity index (χ2n) is 5.15. The van der Waals surface area contributed by atoms with Gasteiger partial charge in [-0.15, -0.1) is 0 Å². The van der Waals surface area contributed by atoms with E-state index in [0.29, 0.717) is 12.0 Å². The lowest BCUT2D eigenvalue weighted by molar-refractivity contribution is 0.0554. The van der Waals surface area contributed by atoms with Gasteiger partial charge in [-0.2, -0.15) is 0 Å². The van der Waals surface area contributed by atoms with Crippen LogP contribution >= 0.6 is 0 Å². The highest BCUT2D eigenvalue weighted by molar-refractivity contribution is 7.89. The van der Waals surface area contributed by atoms with E-state index in [1.807, 2.05) is 6.92 Å². The molecule has 0 heterocycles. The molecule has 0 amide bonds. The maximum absolute atomic E-state index is 12.1. The van der Waals surface area contributed by atoms with Crippen LogP contribution in [0, 0.1) is 0 Å². The quantitative estimate of drug-likeness (QED) is 0.751. The first-order valence-electron chi connectivity index (χ1n) is 6.51. The van der Waals surface area contributed by atoms with Gasteiger partial charge in [-0.1, -0.05) is 25.5 Å². The molecular formula is C14H21NO4S. The third kappa shape index (κ3) is 4.70. The molecule has 5 nitrogen and oxygen atoms in total. The van der Waals surface area contributed by atoms with Crippen LogP contribution in [0.25, 0.3) is 0 Å². The third-order valence-electron chi connectivity index (χ3n) is 3.00. The zero-order valence-electron chi connectivity index (χ0n) is 12.0. The SMILES string of the molecule is CCCC(C)(O)CNS(=O)(=O)c1ccc(C(C)=O)cc1. The lowest BCUT2D eigenvalue weighted by Gasteiger charge is -2.22. The number of aliphatic hydroxyl groups is 1. The van der Waals surface area contributed by atoms with E-state index in [2.05, 4.69) is 4.72 Å². The summed E-state index contributed by atoms with van der Waals surface area (Å²) in [6.45, 7) is 4.89. The Morgan fingerprint density at radius 2 is 1.85 bits per heavy atom. The van der Waals surface area contributed by atoms with Crippen molar-refractivity contribution in [1.29, 1.82) is 0 Å². The van der Waals surface area contributed by atoms with Crippen molar-refractivity contribution in [2.75, 3.05) is 6.54 Å². The van der Waals surface area contributed by atoms with Crippen LogP contribution < -0.4 is 4.72 Å². The Morgan fingerprint density at radius 1 is 1.30 bits per heavy atom. The molecule has 0 aliphatic heterocycles. The summed E-state index contributed by atoms with van der Waals surface area (Å²) in [6.07, 6.45) is 1.28. The van der Waals surface area contributed by atoms with Crippen LogP contribution in [0.1, 0.15) is 44.0 Å². The van der Waals surface area contributed by atoms with Crippen molar-refractivity contribution in [2.45, 2.75) is 44.1 Å². The van der Waals surface area contributed by atoms with Gasteiger partial charge in [0.05, 0.1) is 10.5 Å². The number of hydrogen-bond donors (Lipinski definition) is 2. The van der Waals surface area contributed by atoms with Crippen molar-refractivity contribution in [3.63, 3.8) is 0 Å². The summed E-state index contributed by atoms with van der Waals surface area (Å²) in [5.41, 5.74) is -0.608. The average Bonchev–Trinajstić information content (AvgIpc) is 2.37. The molecule has 0 fully saturated rings. The fourth-order valence-corrected chi connectivity index (χ4v) is 2.99. The van der Waals surface area contributed by atoms with E-state index in [4.69, 9.17) is 0 Å². The molecule has 1 atom stereocenters. The average molecular weight is 299 g/mol. The maximum Gasteiger partial charge on any atom is 0.240 e. The molecule has 112 valence electrons. The molecule has 1 rings (SSSR count). The van der Waals surface area contributed by atoms with Crippen molar-refractivity contribution in [2.24, 2.45) is 0 Å². The number of benzene rings is 1. The number of Topliss-reactive ketones (excluding diaryl/α,β-unsaturated/α-hetero) is 1. The van der Waals surface area contributed by atoms with E-state index in [-0.39, 0.29) is 17.2 Å². The summed E-state index contributed by atoms with van der Waals surface area (Å²) in [7, 11) is -3.68. The Hall–Kier alpha value is -1.24. The van der Waals surface area contributed by atoms with E-state index < -0.39 is 15.6 Å². The highest BCUT2D eigenvalue weighted by atomic mass is 32.2. The molecule has 0 spiro atoms. The van der Waals surface area contributed by atoms with Crippen LogP contribution in [0.5, 0.6) is 0 Å². The van der Waals surface area contributed by atoms with Crippen molar-refractivity contribution >= 4 is 15.8 Å². The number of nitrogens with one attached hydrogen (secondary N) is 1. The number of carbonyl (C=O) groups is 1. The number of hydrogen-bond acceptors (Lipinski definition) is 4. The van der Waals surface area contributed by atoms with Gasteiger partial charge in [-0.25, -0.2) is 13.1 Å². The molecule has 0 aliphatic carbocycles. The fraction of sp³-hybridized carbons (Fsp3) is 0.500. The Labute approximate surface area is 120 Å². The minimum atomic E-state index is -3.68. The van der Waals surface area contributed by atoms with Gasteiger partial charge in [0.1, 0.15) is 0 Å². The third-order valence-corrected chi connectivity index (χ3v) is 4.42.